The third-order valence-corrected chi connectivity index (χ3v) is 6.44. The van der Waals surface area contributed by atoms with E-state index in [0.29, 0.717) is 24.6 Å². The van der Waals surface area contributed by atoms with Crippen molar-refractivity contribution in [3.05, 3.63) is 35.6 Å². The number of hydrogen-bond acceptors (Lipinski definition) is 3. The summed E-state index contributed by atoms with van der Waals surface area (Å²) in [4.78, 5) is 0. The first-order valence-electron chi connectivity index (χ1n) is 8.09. The SMILES string of the molecule is CCCN(CC1CC1)S(=O)(=O)N1CC(O)(c2ccc(F)cc2)C1. The minimum absolute atomic E-state index is 0.0197. The predicted molar refractivity (Wildman–Crippen MR) is 85.4 cm³/mol. The van der Waals surface area contributed by atoms with Crippen LogP contribution >= 0.6 is 0 Å². The molecule has 1 aliphatic carbocycles. The number of halogens is 1. The van der Waals surface area contributed by atoms with Crippen LogP contribution in [-0.4, -0.2) is 48.3 Å². The molecule has 0 unspecified atom stereocenters. The molecule has 1 saturated heterocycles. The molecule has 7 heteroatoms. The highest BCUT2D eigenvalue weighted by Gasteiger charge is 2.50. The van der Waals surface area contributed by atoms with Gasteiger partial charge < -0.3 is 5.11 Å². The Morgan fingerprint density at radius 1 is 1.30 bits per heavy atom. The number of benzene rings is 1. The van der Waals surface area contributed by atoms with Crippen LogP contribution in [0.4, 0.5) is 4.39 Å². The standard InChI is InChI=1S/C16H23FN2O3S/c1-2-9-18(10-13-3-4-13)23(21,22)19-11-16(20,12-19)14-5-7-15(17)8-6-14/h5-8,13,20H,2-4,9-12H2,1H3. The molecule has 0 spiro atoms. The average Bonchev–Trinajstić information content (AvgIpc) is 3.28. The van der Waals surface area contributed by atoms with Crippen LogP contribution in [0.2, 0.25) is 0 Å². The van der Waals surface area contributed by atoms with Gasteiger partial charge in [-0.1, -0.05) is 19.1 Å². The van der Waals surface area contributed by atoms with Gasteiger partial charge in [-0.2, -0.15) is 17.0 Å². The molecule has 1 aromatic rings. The summed E-state index contributed by atoms with van der Waals surface area (Å²) in [6.45, 7) is 3.07. The second kappa shape index (κ2) is 6.12. The molecule has 2 fully saturated rings. The lowest BCUT2D eigenvalue weighted by molar-refractivity contribution is -0.0671. The molecule has 1 heterocycles. The number of aliphatic hydroxyl groups is 1. The van der Waals surface area contributed by atoms with E-state index in [1.165, 1.54) is 32.9 Å². The normalized spacial score (nSPS) is 21.4. The van der Waals surface area contributed by atoms with Crippen molar-refractivity contribution < 1.29 is 17.9 Å². The first-order chi connectivity index (χ1) is 10.8. The molecule has 5 nitrogen and oxygen atoms in total. The summed E-state index contributed by atoms with van der Waals surface area (Å²) in [6, 6.07) is 5.57. The second-order valence-electron chi connectivity index (χ2n) is 6.62. The predicted octanol–water partition coefficient (Wildman–Crippen LogP) is 1.70. The van der Waals surface area contributed by atoms with Gasteiger partial charge in [0.05, 0.1) is 0 Å². The highest BCUT2D eigenvalue weighted by molar-refractivity contribution is 7.86. The van der Waals surface area contributed by atoms with Gasteiger partial charge in [0.2, 0.25) is 0 Å². The molecule has 128 valence electrons. The lowest BCUT2D eigenvalue weighted by Gasteiger charge is -2.47. The Hall–Kier alpha value is -1.02. The van der Waals surface area contributed by atoms with Gasteiger partial charge in [-0.3, -0.25) is 0 Å². The van der Waals surface area contributed by atoms with Gasteiger partial charge in [0.15, 0.2) is 0 Å². The lowest BCUT2D eigenvalue weighted by Crippen LogP contribution is -2.63. The van der Waals surface area contributed by atoms with Crippen molar-refractivity contribution in [3.8, 4) is 0 Å². The minimum Gasteiger partial charge on any atom is -0.382 e. The second-order valence-corrected chi connectivity index (χ2v) is 8.54. The fourth-order valence-electron chi connectivity index (χ4n) is 2.94. The molecule has 1 aromatic carbocycles. The van der Waals surface area contributed by atoms with Gasteiger partial charge in [-0.15, -0.1) is 0 Å². The molecule has 0 amide bonds. The maximum absolute atomic E-state index is 13.0. The molecular weight excluding hydrogens is 319 g/mol. The maximum atomic E-state index is 13.0. The molecule has 1 aliphatic heterocycles. The van der Waals surface area contributed by atoms with Crippen LogP contribution in [0, 0.1) is 11.7 Å². The number of rotatable bonds is 7. The summed E-state index contributed by atoms with van der Waals surface area (Å²) in [5.74, 6) is 0.105. The minimum atomic E-state index is -3.54. The quantitative estimate of drug-likeness (QED) is 0.820. The summed E-state index contributed by atoms with van der Waals surface area (Å²) in [5.41, 5.74) is -0.673. The smallest absolute Gasteiger partial charge is 0.282 e. The van der Waals surface area contributed by atoms with Crippen molar-refractivity contribution in [1.82, 2.24) is 8.61 Å². The molecule has 1 N–H and O–H groups in total. The van der Waals surface area contributed by atoms with Crippen LogP contribution < -0.4 is 0 Å². The molecule has 0 atom stereocenters. The zero-order valence-corrected chi connectivity index (χ0v) is 14.1. The Morgan fingerprint density at radius 2 is 1.91 bits per heavy atom. The van der Waals surface area contributed by atoms with E-state index in [2.05, 4.69) is 0 Å². The van der Waals surface area contributed by atoms with Crippen molar-refractivity contribution in [2.75, 3.05) is 26.2 Å². The fourth-order valence-corrected chi connectivity index (χ4v) is 4.84. The topological polar surface area (TPSA) is 60.9 Å². The summed E-state index contributed by atoms with van der Waals surface area (Å²) < 4.78 is 41.3. The van der Waals surface area contributed by atoms with Crippen LogP contribution in [0.3, 0.4) is 0 Å². The first-order valence-corrected chi connectivity index (χ1v) is 9.48. The Kier molecular flexibility index (Phi) is 4.48. The molecule has 0 radical (unpaired) electrons. The van der Waals surface area contributed by atoms with E-state index in [1.54, 1.807) is 0 Å². The molecule has 2 aliphatic rings. The number of β-amino-alcohol motifs (C(OH)–C–C–N with tert-alkyl or cyclic N) is 1. The van der Waals surface area contributed by atoms with Gasteiger partial charge >= 0.3 is 0 Å². The van der Waals surface area contributed by atoms with Crippen molar-refractivity contribution in [2.45, 2.75) is 31.8 Å². The van der Waals surface area contributed by atoms with Crippen LogP contribution in [0.1, 0.15) is 31.7 Å². The average molecular weight is 342 g/mol. The van der Waals surface area contributed by atoms with E-state index in [9.17, 15) is 17.9 Å². The highest BCUT2D eigenvalue weighted by atomic mass is 32.2. The molecule has 0 bridgehead atoms. The summed E-state index contributed by atoms with van der Waals surface area (Å²) >= 11 is 0. The first kappa shape index (κ1) is 16.8. The van der Waals surface area contributed by atoms with Crippen LogP contribution in [-0.2, 0) is 15.8 Å². The van der Waals surface area contributed by atoms with Crippen molar-refractivity contribution in [3.63, 3.8) is 0 Å². The third kappa shape index (κ3) is 3.42. The molecule has 0 aromatic heterocycles. The fraction of sp³-hybridized carbons (Fsp3) is 0.625. The molecule has 23 heavy (non-hydrogen) atoms. The van der Waals surface area contributed by atoms with Crippen LogP contribution in [0.15, 0.2) is 24.3 Å². The van der Waals surface area contributed by atoms with Gasteiger partial charge in [-0.05, 0) is 42.9 Å². The lowest BCUT2D eigenvalue weighted by atomic mass is 9.88. The Balaban J connectivity index is 1.69. The van der Waals surface area contributed by atoms with E-state index < -0.39 is 15.8 Å². The Morgan fingerprint density at radius 3 is 2.43 bits per heavy atom. The van der Waals surface area contributed by atoms with Gasteiger partial charge in [-0.25, -0.2) is 4.39 Å². The summed E-state index contributed by atoms with van der Waals surface area (Å²) in [7, 11) is -3.54. The van der Waals surface area contributed by atoms with Gasteiger partial charge in [0.1, 0.15) is 11.4 Å². The van der Waals surface area contributed by atoms with Crippen molar-refractivity contribution in [1.29, 1.82) is 0 Å². The largest absolute Gasteiger partial charge is 0.382 e. The van der Waals surface area contributed by atoms with E-state index in [0.717, 1.165) is 19.3 Å². The van der Waals surface area contributed by atoms with Crippen LogP contribution in [0.25, 0.3) is 0 Å². The monoisotopic (exact) mass is 342 g/mol. The van der Waals surface area contributed by atoms with Crippen molar-refractivity contribution >= 4 is 10.2 Å². The van der Waals surface area contributed by atoms with E-state index >= 15 is 0 Å². The molecular formula is C16H23FN2O3S. The van der Waals surface area contributed by atoms with Gasteiger partial charge in [0, 0.05) is 26.2 Å². The highest BCUT2D eigenvalue weighted by Crippen LogP contribution is 2.36. The zero-order valence-electron chi connectivity index (χ0n) is 13.3. The van der Waals surface area contributed by atoms with Crippen LogP contribution in [0.5, 0.6) is 0 Å². The number of nitrogens with zero attached hydrogens (tertiary/aromatic N) is 2. The molecule has 1 saturated carbocycles. The van der Waals surface area contributed by atoms with Gasteiger partial charge in [0.25, 0.3) is 10.2 Å². The third-order valence-electron chi connectivity index (χ3n) is 4.54. The maximum Gasteiger partial charge on any atom is 0.282 e. The summed E-state index contributed by atoms with van der Waals surface area (Å²) in [5, 5.41) is 10.6. The Bertz CT molecular complexity index is 652. The van der Waals surface area contributed by atoms with Crippen molar-refractivity contribution in [2.24, 2.45) is 5.92 Å². The van der Waals surface area contributed by atoms with E-state index in [4.69, 9.17) is 0 Å². The zero-order chi connectivity index (χ0) is 16.7. The van der Waals surface area contributed by atoms with E-state index in [1.807, 2.05) is 6.92 Å². The summed E-state index contributed by atoms with van der Waals surface area (Å²) in [6.07, 6.45) is 2.95. The number of hydrogen-bond donors (Lipinski definition) is 1. The molecule has 3 rings (SSSR count). The van der Waals surface area contributed by atoms with E-state index in [-0.39, 0.29) is 18.9 Å². The Labute approximate surface area is 136 Å².